The van der Waals surface area contributed by atoms with E-state index in [4.69, 9.17) is 10.6 Å². The maximum Gasteiger partial charge on any atom is 0.177 e. The van der Waals surface area contributed by atoms with E-state index in [1.165, 1.54) is 0 Å². The van der Waals surface area contributed by atoms with Gasteiger partial charge in [0.15, 0.2) is 5.78 Å². The number of carbonyl (C=O) groups is 1. The molecule has 0 aromatic carbocycles. The van der Waals surface area contributed by atoms with Crippen LogP contribution in [0, 0.1) is 0 Å². The van der Waals surface area contributed by atoms with Crippen molar-refractivity contribution < 1.29 is 14.8 Å². The fourth-order valence-corrected chi connectivity index (χ4v) is 2.44. The Morgan fingerprint density at radius 3 is 2.62 bits per heavy atom. The summed E-state index contributed by atoms with van der Waals surface area (Å²) in [4.78, 5) is 20.4. The fourth-order valence-electron chi connectivity index (χ4n) is 1.83. The van der Waals surface area contributed by atoms with Gasteiger partial charge in [-0.05, 0) is 19.3 Å². The van der Waals surface area contributed by atoms with E-state index in [1.807, 2.05) is 6.92 Å². The van der Waals surface area contributed by atoms with Gasteiger partial charge in [-0.15, -0.1) is 0 Å². The normalized spacial score (nSPS) is 40.3. The molecule has 3 atom stereocenters. The molecule has 13 heavy (non-hydrogen) atoms. The smallest absolute Gasteiger partial charge is 0.177 e. The Balaban J connectivity index is 2.71. The van der Waals surface area contributed by atoms with Crippen LogP contribution in [0.25, 0.3) is 0 Å². The van der Waals surface area contributed by atoms with Crippen LogP contribution in [-0.4, -0.2) is 33.1 Å². The van der Waals surface area contributed by atoms with Crippen molar-refractivity contribution in [1.29, 1.82) is 0 Å². The zero-order valence-electron chi connectivity index (χ0n) is 7.71. The lowest BCUT2D eigenvalue weighted by Crippen LogP contribution is -2.41. The Hall–Kier alpha value is -0.0200. The van der Waals surface area contributed by atoms with Gasteiger partial charge in [-0.3, -0.25) is 4.79 Å². The van der Waals surface area contributed by atoms with Gasteiger partial charge < -0.3 is 15.7 Å². The van der Waals surface area contributed by atoms with Crippen LogP contribution in [0.4, 0.5) is 0 Å². The van der Waals surface area contributed by atoms with Crippen LogP contribution >= 0.6 is 8.81 Å². The second-order valence-electron chi connectivity index (χ2n) is 4.01. The topological polar surface area (TPSA) is 83.5 Å². The molecular formula is C8H16NO3P. The van der Waals surface area contributed by atoms with Gasteiger partial charge in [0, 0.05) is 14.0 Å². The molecule has 0 heterocycles. The van der Waals surface area contributed by atoms with E-state index in [0.29, 0.717) is 19.3 Å². The lowest BCUT2D eigenvalue weighted by Gasteiger charge is -2.24. The van der Waals surface area contributed by atoms with Crippen LogP contribution in [-0.2, 0) is 4.79 Å². The van der Waals surface area contributed by atoms with E-state index in [9.17, 15) is 9.90 Å². The predicted molar refractivity (Wildman–Crippen MR) is 51.8 cm³/mol. The summed E-state index contributed by atoms with van der Waals surface area (Å²) in [6.07, 6.45) is 1.45. The molecule has 3 unspecified atom stereocenters. The number of hydrogen-bond acceptors (Lipinski definition) is 4. The Morgan fingerprint density at radius 2 is 2.23 bits per heavy atom. The van der Waals surface area contributed by atoms with Crippen LogP contribution < -0.4 is 5.73 Å². The van der Waals surface area contributed by atoms with E-state index in [1.54, 1.807) is 0 Å². The molecule has 5 heteroatoms. The first-order valence-corrected chi connectivity index (χ1v) is 5.27. The Kier molecular flexibility index (Phi) is 3.08. The van der Waals surface area contributed by atoms with Gasteiger partial charge in [0.1, 0.15) is 5.60 Å². The third-order valence-electron chi connectivity index (χ3n) is 2.75. The summed E-state index contributed by atoms with van der Waals surface area (Å²) >= 11 is 0. The molecule has 4 nitrogen and oxygen atoms in total. The minimum absolute atomic E-state index is 0.124. The van der Waals surface area contributed by atoms with E-state index in [-0.39, 0.29) is 26.3 Å². The molecule has 0 saturated heterocycles. The Labute approximate surface area is 79.4 Å². The second kappa shape index (κ2) is 3.62. The van der Waals surface area contributed by atoms with Crippen LogP contribution in [0.5, 0.6) is 0 Å². The van der Waals surface area contributed by atoms with E-state index in [2.05, 4.69) is 0 Å². The predicted octanol–water partition coefficient (Wildman–Crippen LogP) is -0.226. The minimum Gasteiger partial charge on any atom is -0.382 e. The number of nitrogens with two attached hydrogens (primary N) is 1. The van der Waals surface area contributed by atoms with Crippen LogP contribution in [0.2, 0.25) is 0 Å². The van der Waals surface area contributed by atoms with Crippen molar-refractivity contribution in [3.63, 3.8) is 0 Å². The van der Waals surface area contributed by atoms with Gasteiger partial charge in [-0.25, -0.2) is 0 Å². The summed E-state index contributed by atoms with van der Waals surface area (Å²) in [6, 6.07) is 0. The number of aliphatic hydroxyl groups is 1. The first-order chi connectivity index (χ1) is 5.96. The fraction of sp³-hybridized carbons (Fsp3) is 0.875. The highest BCUT2D eigenvalue weighted by atomic mass is 31.1. The summed E-state index contributed by atoms with van der Waals surface area (Å²) in [7, 11) is -0.228. The van der Waals surface area contributed by atoms with Gasteiger partial charge in [-0.1, -0.05) is 6.92 Å². The maximum absolute atomic E-state index is 11.3. The summed E-state index contributed by atoms with van der Waals surface area (Å²) in [5.74, 6) is -0.311. The van der Waals surface area contributed by atoms with Crippen LogP contribution in [0.3, 0.4) is 0 Å². The van der Waals surface area contributed by atoms with Gasteiger partial charge >= 0.3 is 0 Å². The van der Waals surface area contributed by atoms with Crippen molar-refractivity contribution in [3.8, 4) is 0 Å². The Morgan fingerprint density at radius 1 is 1.62 bits per heavy atom. The molecule has 1 aliphatic carbocycles. The van der Waals surface area contributed by atoms with Crippen molar-refractivity contribution in [1.82, 2.24) is 0 Å². The molecule has 0 bridgehead atoms. The molecule has 1 rings (SSSR count). The first kappa shape index (κ1) is 11.1. The highest BCUT2D eigenvalue weighted by Crippen LogP contribution is 2.48. The van der Waals surface area contributed by atoms with Crippen molar-refractivity contribution in [2.75, 3.05) is 6.54 Å². The summed E-state index contributed by atoms with van der Waals surface area (Å²) in [5, 5.41) is 9.60. The zero-order valence-corrected chi connectivity index (χ0v) is 8.71. The molecule has 0 spiro atoms. The molecule has 0 aromatic rings. The SMILES string of the molecule is CC1(PO)CCC(O)(C(=O)CN)C1. The van der Waals surface area contributed by atoms with Gasteiger partial charge in [-0.2, -0.15) is 0 Å². The molecule has 1 saturated carbocycles. The third kappa shape index (κ3) is 2.08. The van der Waals surface area contributed by atoms with Gasteiger partial charge in [0.25, 0.3) is 0 Å². The maximum atomic E-state index is 11.3. The van der Waals surface area contributed by atoms with Gasteiger partial charge in [0.2, 0.25) is 0 Å². The average Bonchev–Trinajstić information content (AvgIpc) is 2.44. The standard InChI is InChI=1S/C8H16NO3P/c1-7(13-12)2-3-8(11,5-7)6(10)4-9/h11-13H,2-5,9H2,1H3. The van der Waals surface area contributed by atoms with Crippen molar-refractivity contribution in [2.24, 2.45) is 5.73 Å². The van der Waals surface area contributed by atoms with E-state index < -0.39 is 5.60 Å². The molecule has 0 radical (unpaired) electrons. The molecule has 0 amide bonds. The quantitative estimate of drug-likeness (QED) is 0.556. The largest absolute Gasteiger partial charge is 0.382 e. The summed E-state index contributed by atoms with van der Waals surface area (Å²) < 4.78 is 0. The van der Waals surface area contributed by atoms with E-state index >= 15 is 0 Å². The molecule has 1 fully saturated rings. The number of Topliss-reactive ketones (excluding diaryl/α,β-unsaturated/α-hetero) is 1. The highest BCUT2D eigenvalue weighted by molar-refractivity contribution is 7.33. The number of carbonyl (C=O) groups excluding carboxylic acids is 1. The molecular weight excluding hydrogens is 189 g/mol. The van der Waals surface area contributed by atoms with E-state index in [0.717, 1.165) is 0 Å². The summed E-state index contributed by atoms with van der Waals surface area (Å²) in [5.41, 5.74) is 3.92. The monoisotopic (exact) mass is 205 g/mol. The van der Waals surface area contributed by atoms with Crippen LogP contribution in [0.15, 0.2) is 0 Å². The molecule has 76 valence electrons. The number of ketones is 1. The molecule has 4 N–H and O–H groups in total. The number of rotatable bonds is 3. The van der Waals surface area contributed by atoms with Crippen LogP contribution in [0.1, 0.15) is 26.2 Å². The van der Waals surface area contributed by atoms with Gasteiger partial charge in [0.05, 0.1) is 6.54 Å². The van der Waals surface area contributed by atoms with Crippen molar-refractivity contribution in [2.45, 2.75) is 36.9 Å². The first-order valence-electron chi connectivity index (χ1n) is 4.33. The summed E-state index contributed by atoms with van der Waals surface area (Å²) in [6.45, 7) is 1.76. The average molecular weight is 205 g/mol. The molecule has 0 aliphatic heterocycles. The zero-order chi connectivity index (χ0) is 10.1. The Bertz CT molecular complexity index is 223. The third-order valence-corrected chi connectivity index (χ3v) is 3.71. The minimum atomic E-state index is -1.28. The molecule has 0 aromatic heterocycles. The number of hydrogen-bond donors (Lipinski definition) is 3. The lowest BCUT2D eigenvalue weighted by atomic mass is 9.95. The second-order valence-corrected chi connectivity index (χ2v) is 5.44. The molecule has 1 aliphatic rings. The van der Waals surface area contributed by atoms with Crippen molar-refractivity contribution in [3.05, 3.63) is 0 Å². The van der Waals surface area contributed by atoms with Crippen molar-refractivity contribution >= 4 is 14.6 Å². The lowest BCUT2D eigenvalue weighted by molar-refractivity contribution is -0.135. The highest BCUT2D eigenvalue weighted by Gasteiger charge is 2.48.